The molecule has 0 amide bonds. The van der Waals surface area contributed by atoms with Gasteiger partial charge >= 0.3 is 0 Å². The number of aliphatic hydroxyl groups is 1. The maximum Gasteiger partial charge on any atom is 0.204 e. The van der Waals surface area contributed by atoms with Crippen molar-refractivity contribution in [3.8, 4) is 17.6 Å². The summed E-state index contributed by atoms with van der Waals surface area (Å²) < 4.78 is 5.88. The molecule has 0 aliphatic carbocycles. The number of para-hydroxylation sites is 1. The largest absolute Gasteiger partial charge is 0.441 e. The fraction of sp³-hybridized carbons (Fsp3) is 0.412. The molecule has 0 radical (unpaired) electrons. The van der Waals surface area contributed by atoms with Crippen molar-refractivity contribution in [3.05, 3.63) is 42.3 Å². The van der Waals surface area contributed by atoms with E-state index in [0.717, 1.165) is 18.8 Å². The lowest BCUT2D eigenvalue weighted by molar-refractivity contribution is 0.143. The molecule has 0 heterocycles. The predicted octanol–water partition coefficient (Wildman–Crippen LogP) is 3.02. The molecule has 0 unspecified atom stereocenters. The Morgan fingerprint density at radius 3 is 2.35 bits per heavy atom. The Hall–Kier alpha value is -1.92. The van der Waals surface area contributed by atoms with Crippen molar-refractivity contribution in [2.75, 3.05) is 13.1 Å². The molecule has 0 aliphatic heterocycles. The van der Waals surface area contributed by atoms with E-state index in [0.29, 0.717) is 5.88 Å². The molecule has 0 spiro atoms. The summed E-state index contributed by atoms with van der Waals surface area (Å²) in [5, 5.41) is 9.62. The minimum Gasteiger partial charge on any atom is -0.441 e. The smallest absolute Gasteiger partial charge is 0.204 e. The van der Waals surface area contributed by atoms with E-state index in [1.807, 2.05) is 30.3 Å². The second-order valence-corrected chi connectivity index (χ2v) is 4.90. The Bertz CT molecular complexity index is 485. The van der Waals surface area contributed by atoms with Gasteiger partial charge in [-0.15, -0.1) is 0 Å². The maximum absolute atomic E-state index is 9.62. The van der Waals surface area contributed by atoms with Crippen LogP contribution in [0, 0.1) is 11.8 Å². The first-order valence-electron chi connectivity index (χ1n) is 6.89. The van der Waals surface area contributed by atoms with Crippen molar-refractivity contribution in [2.24, 2.45) is 0 Å². The highest BCUT2D eigenvalue weighted by atomic mass is 16.5. The molecule has 1 aromatic rings. The highest BCUT2D eigenvalue weighted by Gasteiger charge is 2.08. The lowest BCUT2D eigenvalue weighted by Crippen LogP contribution is -2.25. The van der Waals surface area contributed by atoms with Gasteiger partial charge in [0.1, 0.15) is 11.4 Å². The Morgan fingerprint density at radius 1 is 1.25 bits per heavy atom. The van der Waals surface area contributed by atoms with Gasteiger partial charge in [0.05, 0.1) is 0 Å². The number of rotatable bonds is 5. The molecule has 20 heavy (non-hydrogen) atoms. The van der Waals surface area contributed by atoms with E-state index in [1.165, 1.54) is 0 Å². The molecule has 1 rings (SSSR count). The lowest BCUT2D eigenvalue weighted by atomic mass is 10.1. The zero-order chi connectivity index (χ0) is 15.0. The summed E-state index contributed by atoms with van der Waals surface area (Å²) in [7, 11) is 0. The summed E-state index contributed by atoms with van der Waals surface area (Å²) in [4.78, 5) is 2.08. The van der Waals surface area contributed by atoms with Crippen molar-refractivity contribution in [2.45, 2.75) is 33.3 Å². The van der Waals surface area contributed by atoms with Gasteiger partial charge in [-0.3, -0.25) is 0 Å². The van der Waals surface area contributed by atoms with Gasteiger partial charge in [-0.1, -0.05) is 30.0 Å². The number of benzene rings is 1. The van der Waals surface area contributed by atoms with E-state index >= 15 is 0 Å². The third-order valence-corrected chi connectivity index (χ3v) is 2.61. The standard InChI is InChI=1S/C17H23NO2/c1-5-18(6-2)16(13-10-14-17(3,4)19)20-15-11-8-7-9-12-15/h7-9,11-13,19H,5-6H2,1-4H3/b16-13+. The molecule has 1 aromatic carbocycles. The summed E-state index contributed by atoms with van der Waals surface area (Å²) in [6, 6.07) is 9.61. The third-order valence-electron chi connectivity index (χ3n) is 2.61. The average Bonchev–Trinajstić information content (AvgIpc) is 2.39. The van der Waals surface area contributed by atoms with E-state index in [4.69, 9.17) is 4.74 Å². The Labute approximate surface area is 121 Å². The average molecular weight is 273 g/mol. The molecule has 3 nitrogen and oxygen atoms in total. The summed E-state index contributed by atoms with van der Waals surface area (Å²) in [5.74, 6) is 7.10. The molecule has 0 fully saturated rings. The van der Waals surface area contributed by atoms with Gasteiger partial charge in [0, 0.05) is 19.2 Å². The zero-order valence-corrected chi connectivity index (χ0v) is 12.7. The van der Waals surface area contributed by atoms with Crippen LogP contribution in [0.4, 0.5) is 0 Å². The molecule has 0 aromatic heterocycles. The first kappa shape index (κ1) is 16.1. The Morgan fingerprint density at radius 2 is 1.85 bits per heavy atom. The van der Waals surface area contributed by atoms with Gasteiger partial charge in [0.15, 0.2) is 0 Å². The predicted molar refractivity (Wildman–Crippen MR) is 82.1 cm³/mol. The fourth-order valence-electron chi connectivity index (χ4n) is 1.60. The Kier molecular flexibility index (Phi) is 6.14. The van der Waals surface area contributed by atoms with Crippen LogP contribution in [0.25, 0.3) is 0 Å². The topological polar surface area (TPSA) is 32.7 Å². The van der Waals surface area contributed by atoms with Crippen LogP contribution in [0.15, 0.2) is 42.3 Å². The lowest BCUT2D eigenvalue weighted by Gasteiger charge is -2.23. The van der Waals surface area contributed by atoms with Gasteiger partial charge in [-0.25, -0.2) is 0 Å². The number of allylic oxidation sites excluding steroid dienone is 1. The van der Waals surface area contributed by atoms with Gasteiger partial charge in [-0.2, -0.15) is 0 Å². The molecule has 0 atom stereocenters. The normalized spacial score (nSPS) is 11.6. The van der Waals surface area contributed by atoms with Crippen LogP contribution in [0.2, 0.25) is 0 Å². The van der Waals surface area contributed by atoms with E-state index < -0.39 is 5.60 Å². The molecule has 1 N–H and O–H groups in total. The first-order chi connectivity index (χ1) is 9.46. The molecule has 108 valence electrons. The van der Waals surface area contributed by atoms with E-state index in [2.05, 4.69) is 30.6 Å². The summed E-state index contributed by atoms with van der Waals surface area (Å²) in [6.45, 7) is 9.11. The summed E-state index contributed by atoms with van der Waals surface area (Å²) in [6.07, 6.45) is 1.71. The number of ether oxygens (including phenoxy) is 1. The second-order valence-electron chi connectivity index (χ2n) is 4.90. The van der Waals surface area contributed by atoms with Crippen LogP contribution in [-0.4, -0.2) is 28.7 Å². The zero-order valence-electron chi connectivity index (χ0n) is 12.7. The van der Waals surface area contributed by atoms with Crippen LogP contribution in [-0.2, 0) is 0 Å². The third kappa shape index (κ3) is 5.81. The van der Waals surface area contributed by atoms with Gasteiger partial charge in [-0.05, 0) is 39.8 Å². The van der Waals surface area contributed by atoms with Crippen LogP contribution in [0.1, 0.15) is 27.7 Å². The van der Waals surface area contributed by atoms with E-state index in [-0.39, 0.29) is 0 Å². The summed E-state index contributed by atoms with van der Waals surface area (Å²) >= 11 is 0. The molecule has 0 bridgehead atoms. The second kappa shape index (κ2) is 7.62. The van der Waals surface area contributed by atoms with Crippen molar-refractivity contribution in [1.29, 1.82) is 0 Å². The number of hydrogen-bond acceptors (Lipinski definition) is 3. The number of nitrogens with zero attached hydrogens (tertiary/aromatic N) is 1. The van der Waals surface area contributed by atoms with Crippen LogP contribution < -0.4 is 4.74 Å². The van der Waals surface area contributed by atoms with Gasteiger partial charge < -0.3 is 14.7 Å². The van der Waals surface area contributed by atoms with Crippen molar-refractivity contribution in [3.63, 3.8) is 0 Å². The van der Waals surface area contributed by atoms with Crippen molar-refractivity contribution in [1.82, 2.24) is 4.90 Å². The van der Waals surface area contributed by atoms with Gasteiger partial charge in [0.25, 0.3) is 0 Å². The van der Waals surface area contributed by atoms with Crippen LogP contribution in [0.3, 0.4) is 0 Å². The minimum absolute atomic E-state index is 0.693. The Balaban J connectivity index is 2.96. The molecule has 0 saturated heterocycles. The molecule has 0 saturated carbocycles. The number of hydrogen-bond donors (Lipinski definition) is 1. The van der Waals surface area contributed by atoms with Gasteiger partial charge in [0.2, 0.25) is 5.88 Å². The molecule has 0 aliphatic rings. The molecule has 3 heteroatoms. The first-order valence-corrected chi connectivity index (χ1v) is 6.89. The molecular weight excluding hydrogens is 250 g/mol. The quantitative estimate of drug-likeness (QED) is 0.661. The summed E-state index contributed by atoms with van der Waals surface area (Å²) in [5.41, 5.74) is -1.00. The van der Waals surface area contributed by atoms with E-state index in [9.17, 15) is 5.11 Å². The molecular formula is C17H23NO2. The fourth-order valence-corrected chi connectivity index (χ4v) is 1.60. The van der Waals surface area contributed by atoms with Crippen LogP contribution in [0.5, 0.6) is 5.75 Å². The highest BCUT2D eigenvalue weighted by Crippen LogP contribution is 2.15. The maximum atomic E-state index is 9.62. The van der Waals surface area contributed by atoms with Crippen molar-refractivity contribution >= 4 is 0 Å². The monoisotopic (exact) mass is 273 g/mol. The van der Waals surface area contributed by atoms with Crippen molar-refractivity contribution < 1.29 is 9.84 Å². The SMILES string of the molecule is CCN(CC)/C(=C\C#CC(C)(C)O)Oc1ccccc1. The highest BCUT2D eigenvalue weighted by molar-refractivity contribution is 5.27. The van der Waals surface area contributed by atoms with Crippen LogP contribution >= 0.6 is 0 Å². The minimum atomic E-state index is -1.00. The van der Waals surface area contributed by atoms with E-state index in [1.54, 1.807) is 19.9 Å².